The Morgan fingerprint density at radius 2 is 1.74 bits per heavy atom. The van der Waals surface area contributed by atoms with Gasteiger partial charge in [-0.1, -0.05) is 58.6 Å². The smallest absolute Gasteiger partial charge is 0.336 e. The van der Waals surface area contributed by atoms with Crippen molar-refractivity contribution in [1.82, 2.24) is 10.2 Å². The summed E-state index contributed by atoms with van der Waals surface area (Å²) in [5.41, 5.74) is 1.06. The molecule has 2 aromatic carbocycles. The summed E-state index contributed by atoms with van der Waals surface area (Å²) in [5.74, 6) is -0.192. The number of aromatic nitrogens is 2. The number of rotatable bonds is 4. The van der Waals surface area contributed by atoms with E-state index in [-0.39, 0.29) is 11.6 Å². The number of nitrogens with zero attached hydrogens (tertiary/aromatic N) is 2. The lowest BCUT2D eigenvalue weighted by Gasteiger charge is -2.00. The van der Waals surface area contributed by atoms with Crippen LogP contribution in [0.5, 0.6) is 0 Å². The first-order valence-electron chi connectivity index (χ1n) is 6.51. The molecule has 1 aromatic heterocycles. The van der Waals surface area contributed by atoms with Crippen molar-refractivity contribution in [3.63, 3.8) is 0 Å². The van der Waals surface area contributed by atoms with E-state index in [0.29, 0.717) is 21.2 Å². The molecule has 0 bridgehead atoms. The van der Waals surface area contributed by atoms with E-state index in [4.69, 9.17) is 27.6 Å². The summed E-state index contributed by atoms with van der Waals surface area (Å²) in [4.78, 5) is 0. The Kier molecular flexibility index (Phi) is 4.39. The van der Waals surface area contributed by atoms with Crippen molar-refractivity contribution < 1.29 is 12.8 Å². The van der Waals surface area contributed by atoms with Crippen molar-refractivity contribution in [2.75, 3.05) is 0 Å². The molecule has 0 saturated carbocycles. The Labute approximate surface area is 142 Å². The van der Waals surface area contributed by atoms with Gasteiger partial charge in [0.25, 0.3) is 0 Å². The molecule has 0 radical (unpaired) electrons. The molecule has 3 rings (SSSR count). The molecule has 5 nitrogen and oxygen atoms in total. The fourth-order valence-corrected chi connectivity index (χ4v) is 3.58. The number of sulfone groups is 1. The molecule has 0 aliphatic carbocycles. The molecular weight excluding hydrogens is 359 g/mol. The number of hydrogen-bond donors (Lipinski definition) is 0. The van der Waals surface area contributed by atoms with Gasteiger partial charge in [0.05, 0.1) is 16.3 Å². The largest absolute Gasteiger partial charge is 0.408 e. The molecule has 8 heteroatoms. The second-order valence-corrected chi connectivity index (χ2v) is 7.45. The predicted molar refractivity (Wildman–Crippen MR) is 87.1 cm³/mol. The maximum absolute atomic E-state index is 12.3. The maximum Gasteiger partial charge on any atom is 0.336 e. The number of benzene rings is 2. The molecular formula is C15H10Cl2N2O3S. The lowest BCUT2D eigenvalue weighted by Crippen LogP contribution is -2.05. The molecule has 0 atom stereocenters. The summed E-state index contributed by atoms with van der Waals surface area (Å²) < 4.78 is 30.0. The van der Waals surface area contributed by atoms with E-state index in [0.717, 1.165) is 0 Å². The monoisotopic (exact) mass is 368 g/mol. The van der Waals surface area contributed by atoms with E-state index in [1.165, 1.54) is 6.07 Å². The SMILES string of the molecule is O=S(=O)(Cc1ccccc1)c1nnc(-c2ccc(Cl)cc2Cl)o1. The van der Waals surface area contributed by atoms with Crippen LogP contribution < -0.4 is 0 Å². The summed E-state index contributed by atoms with van der Waals surface area (Å²) in [7, 11) is -3.73. The average Bonchev–Trinajstić information content (AvgIpc) is 2.98. The molecule has 118 valence electrons. The third-order valence-corrected chi connectivity index (χ3v) is 4.99. The fraction of sp³-hybridized carbons (Fsp3) is 0.0667. The first kappa shape index (κ1) is 16.0. The summed E-state index contributed by atoms with van der Waals surface area (Å²) in [6.45, 7) is 0. The van der Waals surface area contributed by atoms with Crippen molar-refractivity contribution in [2.24, 2.45) is 0 Å². The zero-order chi connectivity index (χ0) is 16.4. The van der Waals surface area contributed by atoms with Gasteiger partial charge in [0.2, 0.25) is 15.7 Å². The van der Waals surface area contributed by atoms with Crippen LogP contribution in [0.1, 0.15) is 5.56 Å². The Morgan fingerprint density at radius 1 is 1.00 bits per heavy atom. The Balaban J connectivity index is 1.92. The Hall–Kier alpha value is -1.89. The minimum atomic E-state index is -3.73. The Morgan fingerprint density at radius 3 is 2.43 bits per heavy atom. The van der Waals surface area contributed by atoms with Gasteiger partial charge in [-0.05, 0) is 23.8 Å². The molecule has 0 amide bonds. The second kappa shape index (κ2) is 6.31. The second-order valence-electron chi connectivity index (χ2n) is 4.74. The quantitative estimate of drug-likeness (QED) is 0.695. The predicted octanol–water partition coefficient (Wildman–Crippen LogP) is 4.02. The van der Waals surface area contributed by atoms with E-state index >= 15 is 0 Å². The van der Waals surface area contributed by atoms with Crippen molar-refractivity contribution in [2.45, 2.75) is 11.0 Å². The van der Waals surface area contributed by atoms with E-state index < -0.39 is 15.1 Å². The molecule has 23 heavy (non-hydrogen) atoms. The van der Waals surface area contributed by atoms with Crippen LogP contribution in [0, 0.1) is 0 Å². The van der Waals surface area contributed by atoms with Gasteiger partial charge in [-0.2, -0.15) is 0 Å². The first-order chi connectivity index (χ1) is 11.0. The standard InChI is InChI=1S/C15H10Cl2N2O3S/c16-11-6-7-12(13(17)8-11)14-18-19-15(22-14)23(20,21)9-10-4-2-1-3-5-10/h1-8H,9H2. The summed E-state index contributed by atoms with van der Waals surface area (Å²) in [5, 5.41) is 7.70. The van der Waals surface area contributed by atoms with Crippen LogP contribution >= 0.6 is 23.2 Å². The van der Waals surface area contributed by atoms with Gasteiger partial charge < -0.3 is 4.42 Å². The molecule has 0 fully saturated rings. The molecule has 1 heterocycles. The number of hydrogen-bond acceptors (Lipinski definition) is 5. The third kappa shape index (κ3) is 3.55. The highest BCUT2D eigenvalue weighted by Crippen LogP contribution is 2.30. The van der Waals surface area contributed by atoms with E-state index in [1.54, 1.807) is 36.4 Å². The number of halogens is 2. The maximum atomic E-state index is 12.3. The third-order valence-electron chi connectivity index (χ3n) is 3.03. The molecule has 0 spiro atoms. The minimum Gasteiger partial charge on any atom is -0.408 e. The molecule has 0 aliphatic heterocycles. The highest BCUT2D eigenvalue weighted by atomic mass is 35.5. The van der Waals surface area contributed by atoms with E-state index in [9.17, 15) is 8.42 Å². The topological polar surface area (TPSA) is 73.1 Å². The van der Waals surface area contributed by atoms with Gasteiger partial charge in [-0.25, -0.2) is 8.42 Å². The first-order valence-corrected chi connectivity index (χ1v) is 8.92. The van der Waals surface area contributed by atoms with Crippen LogP contribution in [0.25, 0.3) is 11.5 Å². The van der Waals surface area contributed by atoms with Crippen molar-refractivity contribution in [3.8, 4) is 11.5 Å². The van der Waals surface area contributed by atoms with Gasteiger partial charge in [0.15, 0.2) is 0 Å². The average molecular weight is 369 g/mol. The van der Waals surface area contributed by atoms with Gasteiger partial charge in [0.1, 0.15) is 0 Å². The molecule has 0 unspecified atom stereocenters. The summed E-state index contributed by atoms with van der Waals surface area (Å²) in [6.07, 6.45) is 0. The zero-order valence-corrected chi connectivity index (χ0v) is 13.9. The molecule has 0 aliphatic rings. The normalized spacial score (nSPS) is 11.6. The summed E-state index contributed by atoms with van der Waals surface area (Å²) >= 11 is 11.9. The van der Waals surface area contributed by atoms with Gasteiger partial charge in [-0.15, -0.1) is 5.10 Å². The van der Waals surface area contributed by atoms with Crippen LogP contribution in [-0.4, -0.2) is 18.6 Å². The fourth-order valence-electron chi connectivity index (χ4n) is 1.96. The van der Waals surface area contributed by atoms with Gasteiger partial charge in [-0.3, -0.25) is 0 Å². The van der Waals surface area contributed by atoms with Gasteiger partial charge >= 0.3 is 5.22 Å². The lowest BCUT2D eigenvalue weighted by molar-refractivity contribution is 0.439. The summed E-state index contributed by atoms with van der Waals surface area (Å²) in [6, 6.07) is 13.5. The Bertz CT molecular complexity index is 940. The molecule has 3 aromatic rings. The molecule has 0 saturated heterocycles. The lowest BCUT2D eigenvalue weighted by atomic mass is 10.2. The van der Waals surface area contributed by atoms with Crippen LogP contribution in [0.4, 0.5) is 0 Å². The van der Waals surface area contributed by atoms with Gasteiger partial charge in [0, 0.05) is 5.02 Å². The highest BCUT2D eigenvalue weighted by molar-refractivity contribution is 7.90. The van der Waals surface area contributed by atoms with E-state index in [2.05, 4.69) is 10.2 Å². The molecule has 0 N–H and O–H groups in total. The van der Waals surface area contributed by atoms with Crippen LogP contribution in [0.3, 0.4) is 0 Å². The van der Waals surface area contributed by atoms with E-state index in [1.807, 2.05) is 6.07 Å². The van der Waals surface area contributed by atoms with Crippen molar-refractivity contribution in [3.05, 3.63) is 64.1 Å². The van der Waals surface area contributed by atoms with Crippen LogP contribution in [0.2, 0.25) is 10.0 Å². The highest BCUT2D eigenvalue weighted by Gasteiger charge is 2.24. The van der Waals surface area contributed by atoms with Crippen molar-refractivity contribution in [1.29, 1.82) is 0 Å². The van der Waals surface area contributed by atoms with Crippen LogP contribution in [0.15, 0.2) is 58.2 Å². The minimum absolute atomic E-state index is 0.0262. The van der Waals surface area contributed by atoms with Crippen LogP contribution in [-0.2, 0) is 15.6 Å². The van der Waals surface area contributed by atoms with Crippen molar-refractivity contribution >= 4 is 33.0 Å². The zero-order valence-electron chi connectivity index (χ0n) is 11.6.